The summed E-state index contributed by atoms with van der Waals surface area (Å²) in [5.41, 5.74) is 5.33. The minimum absolute atomic E-state index is 0.0681. The second kappa shape index (κ2) is 6.68. The molecule has 0 saturated heterocycles. The SMILES string of the molecule is NC(=O)c1ccsc1NC(=O)COc1ccc([N+](=O)[O-])cc1. The topological polar surface area (TPSA) is 125 Å². The lowest BCUT2D eigenvalue weighted by atomic mass is 10.3. The van der Waals surface area contributed by atoms with Gasteiger partial charge < -0.3 is 15.8 Å². The van der Waals surface area contributed by atoms with Gasteiger partial charge in [0.15, 0.2) is 6.61 Å². The first-order valence-corrected chi connectivity index (χ1v) is 6.89. The maximum atomic E-state index is 11.7. The number of nitrogens with two attached hydrogens (primary N) is 1. The lowest BCUT2D eigenvalue weighted by Gasteiger charge is -2.07. The smallest absolute Gasteiger partial charge is 0.269 e. The zero-order valence-electron chi connectivity index (χ0n) is 11.1. The normalized spacial score (nSPS) is 10.0. The van der Waals surface area contributed by atoms with E-state index in [4.69, 9.17) is 10.5 Å². The standard InChI is InChI=1S/C13H11N3O5S/c14-12(18)10-5-6-22-13(10)15-11(17)7-21-9-3-1-8(2-4-9)16(19)20/h1-6H,7H2,(H2,14,18)(H,15,17). The summed E-state index contributed by atoms with van der Waals surface area (Å²) >= 11 is 1.17. The molecular formula is C13H11N3O5S. The molecule has 0 radical (unpaired) electrons. The Bertz CT molecular complexity index is 711. The number of nitrogens with zero attached hydrogens (tertiary/aromatic N) is 1. The van der Waals surface area contributed by atoms with Crippen LogP contribution in [0.3, 0.4) is 0 Å². The van der Waals surface area contributed by atoms with Crippen LogP contribution in [0.5, 0.6) is 5.75 Å². The number of thiophene rings is 1. The van der Waals surface area contributed by atoms with E-state index in [1.165, 1.54) is 41.7 Å². The number of nitro groups is 1. The van der Waals surface area contributed by atoms with Crippen molar-refractivity contribution in [1.82, 2.24) is 0 Å². The minimum Gasteiger partial charge on any atom is -0.484 e. The van der Waals surface area contributed by atoms with E-state index in [0.717, 1.165) is 0 Å². The first-order valence-electron chi connectivity index (χ1n) is 6.02. The maximum Gasteiger partial charge on any atom is 0.269 e. The number of hydrogen-bond acceptors (Lipinski definition) is 6. The third-order valence-electron chi connectivity index (χ3n) is 2.60. The van der Waals surface area contributed by atoms with Crippen LogP contribution in [0.1, 0.15) is 10.4 Å². The van der Waals surface area contributed by atoms with E-state index in [2.05, 4.69) is 5.32 Å². The molecule has 9 heteroatoms. The molecule has 3 N–H and O–H groups in total. The van der Waals surface area contributed by atoms with Crippen LogP contribution in [0, 0.1) is 10.1 Å². The van der Waals surface area contributed by atoms with Gasteiger partial charge in [-0.15, -0.1) is 11.3 Å². The number of nitrogens with one attached hydrogen (secondary N) is 1. The molecule has 0 spiro atoms. The largest absolute Gasteiger partial charge is 0.484 e. The molecule has 1 aromatic carbocycles. The van der Waals surface area contributed by atoms with Crippen LogP contribution in [0.15, 0.2) is 35.7 Å². The zero-order chi connectivity index (χ0) is 16.1. The van der Waals surface area contributed by atoms with Gasteiger partial charge in [-0.25, -0.2) is 0 Å². The Morgan fingerprint density at radius 3 is 2.55 bits per heavy atom. The molecule has 0 unspecified atom stereocenters. The van der Waals surface area contributed by atoms with Gasteiger partial charge in [-0.3, -0.25) is 19.7 Å². The number of carbonyl (C=O) groups excluding carboxylic acids is 2. The molecule has 2 amide bonds. The fraction of sp³-hybridized carbons (Fsp3) is 0.0769. The third kappa shape index (κ3) is 3.79. The van der Waals surface area contributed by atoms with Gasteiger partial charge in [0, 0.05) is 12.1 Å². The number of carbonyl (C=O) groups is 2. The second-order valence-electron chi connectivity index (χ2n) is 4.12. The number of rotatable bonds is 6. The van der Waals surface area contributed by atoms with Gasteiger partial charge in [-0.1, -0.05) is 0 Å². The molecule has 0 saturated carbocycles. The molecule has 0 fully saturated rings. The fourth-order valence-corrected chi connectivity index (χ4v) is 2.38. The quantitative estimate of drug-likeness (QED) is 0.619. The Balaban J connectivity index is 1.91. The Morgan fingerprint density at radius 1 is 1.27 bits per heavy atom. The first-order chi connectivity index (χ1) is 10.5. The lowest BCUT2D eigenvalue weighted by molar-refractivity contribution is -0.384. The number of ether oxygens (including phenoxy) is 1. The highest BCUT2D eigenvalue weighted by Gasteiger charge is 2.13. The summed E-state index contributed by atoms with van der Waals surface area (Å²) in [4.78, 5) is 32.8. The Kier molecular flexibility index (Phi) is 4.69. The fourth-order valence-electron chi connectivity index (χ4n) is 1.58. The molecule has 0 bridgehead atoms. The predicted octanol–water partition coefficient (Wildman–Crippen LogP) is 1.77. The molecule has 0 atom stereocenters. The summed E-state index contributed by atoms with van der Waals surface area (Å²) in [5, 5.41) is 15.0. The summed E-state index contributed by atoms with van der Waals surface area (Å²) in [7, 11) is 0. The van der Waals surface area contributed by atoms with Crippen LogP contribution in [-0.4, -0.2) is 23.3 Å². The summed E-state index contributed by atoms with van der Waals surface area (Å²) in [6.07, 6.45) is 0. The summed E-state index contributed by atoms with van der Waals surface area (Å²) in [6, 6.07) is 6.85. The zero-order valence-corrected chi connectivity index (χ0v) is 12.0. The summed E-state index contributed by atoms with van der Waals surface area (Å²) in [5.74, 6) is -0.779. The van der Waals surface area contributed by atoms with E-state index in [1.54, 1.807) is 5.38 Å². The summed E-state index contributed by atoms with van der Waals surface area (Å²) < 4.78 is 5.21. The first kappa shape index (κ1) is 15.4. The number of non-ortho nitro benzene ring substituents is 1. The number of amides is 2. The Morgan fingerprint density at radius 2 is 1.95 bits per heavy atom. The van der Waals surface area contributed by atoms with Gasteiger partial charge in [0.1, 0.15) is 10.8 Å². The van der Waals surface area contributed by atoms with Crippen molar-refractivity contribution < 1.29 is 19.2 Å². The van der Waals surface area contributed by atoms with Gasteiger partial charge in [0.05, 0.1) is 10.5 Å². The Hall–Kier alpha value is -2.94. The van der Waals surface area contributed by atoms with Gasteiger partial charge in [-0.2, -0.15) is 0 Å². The molecule has 2 rings (SSSR count). The number of benzene rings is 1. The molecule has 1 aromatic heterocycles. The van der Waals surface area contributed by atoms with Crippen molar-refractivity contribution in [3.8, 4) is 5.75 Å². The van der Waals surface area contributed by atoms with Crippen molar-refractivity contribution in [2.24, 2.45) is 5.73 Å². The van der Waals surface area contributed by atoms with E-state index >= 15 is 0 Å². The van der Waals surface area contributed by atoms with E-state index in [1.807, 2.05) is 0 Å². The summed E-state index contributed by atoms with van der Waals surface area (Å²) in [6.45, 7) is -0.298. The van der Waals surface area contributed by atoms with Crippen molar-refractivity contribution >= 4 is 33.8 Å². The highest BCUT2D eigenvalue weighted by atomic mass is 32.1. The van der Waals surface area contributed by atoms with Crippen molar-refractivity contribution in [3.63, 3.8) is 0 Å². The maximum absolute atomic E-state index is 11.7. The highest BCUT2D eigenvalue weighted by molar-refractivity contribution is 7.14. The molecule has 1 heterocycles. The average Bonchev–Trinajstić information content (AvgIpc) is 2.94. The molecule has 2 aromatic rings. The van der Waals surface area contributed by atoms with E-state index in [9.17, 15) is 19.7 Å². The van der Waals surface area contributed by atoms with Crippen LogP contribution in [0.25, 0.3) is 0 Å². The molecule has 114 valence electrons. The van der Waals surface area contributed by atoms with Gasteiger partial charge in [0.25, 0.3) is 17.5 Å². The predicted molar refractivity (Wildman–Crippen MR) is 80.1 cm³/mol. The van der Waals surface area contributed by atoms with Crippen molar-refractivity contribution in [2.75, 3.05) is 11.9 Å². The number of anilines is 1. The van der Waals surface area contributed by atoms with E-state index < -0.39 is 16.7 Å². The number of nitro benzene ring substituents is 1. The molecule has 0 aliphatic rings. The van der Waals surface area contributed by atoms with Crippen LogP contribution in [0.4, 0.5) is 10.7 Å². The second-order valence-corrected chi connectivity index (χ2v) is 5.03. The van der Waals surface area contributed by atoms with E-state index in [-0.39, 0.29) is 17.9 Å². The van der Waals surface area contributed by atoms with Crippen LogP contribution in [-0.2, 0) is 4.79 Å². The molecule has 8 nitrogen and oxygen atoms in total. The van der Waals surface area contributed by atoms with Gasteiger partial charge in [0.2, 0.25) is 0 Å². The van der Waals surface area contributed by atoms with E-state index in [0.29, 0.717) is 10.8 Å². The van der Waals surface area contributed by atoms with Crippen molar-refractivity contribution in [3.05, 3.63) is 51.4 Å². The Labute approximate surface area is 128 Å². The highest BCUT2D eigenvalue weighted by Crippen LogP contribution is 2.22. The average molecular weight is 321 g/mol. The number of hydrogen-bond donors (Lipinski definition) is 2. The van der Waals surface area contributed by atoms with Crippen LogP contribution < -0.4 is 15.8 Å². The van der Waals surface area contributed by atoms with Gasteiger partial charge in [-0.05, 0) is 23.6 Å². The molecular weight excluding hydrogens is 310 g/mol. The van der Waals surface area contributed by atoms with Crippen molar-refractivity contribution in [2.45, 2.75) is 0 Å². The molecule has 0 aliphatic carbocycles. The minimum atomic E-state index is -0.632. The van der Waals surface area contributed by atoms with Crippen LogP contribution in [0.2, 0.25) is 0 Å². The third-order valence-corrected chi connectivity index (χ3v) is 3.43. The number of primary amides is 1. The van der Waals surface area contributed by atoms with Crippen LogP contribution >= 0.6 is 11.3 Å². The molecule has 0 aliphatic heterocycles. The lowest BCUT2D eigenvalue weighted by Crippen LogP contribution is -2.21. The van der Waals surface area contributed by atoms with Crippen molar-refractivity contribution in [1.29, 1.82) is 0 Å². The monoisotopic (exact) mass is 321 g/mol. The van der Waals surface area contributed by atoms with Gasteiger partial charge >= 0.3 is 0 Å². The molecule has 22 heavy (non-hydrogen) atoms.